The zero-order valence-electron chi connectivity index (χ0n) is 73.3. The zero-order chi connectivity index (χ0) is 89.9. The third-order valence-electron chi connectivity index (χ3n) is 25.8. The number of aromatic nitrogens is 10. The highest BCUT2D eigenvalue weighted by Crippen LogP contribution is 2.49. The van der Waals surface area contributed by atoms with E-state index in [4.69, 9.17) is 48.7 Å². The Labute approximate surface area is 782 Å². The van der Waals surface area contributed by atoms with E-state index in [9.17, 15) is 0 Å². The predicted molar refractivity (Wildman–Crippen MR) is 555 cm³/mol. The van der Waals surface area contributed by atoms with E-state index in [0.717, 1.165) is 216 Å². The highest BCUT2D eigenvalue weighted by atomic mass is 16.3. The smallest absolute Gasteiger partial charge is 0.166 e. The van der Waals surface area contributed by atoms with Crippen molar-refractivity contribution in [3.63, 3.8) is 0 Å². The highest BCUT2D eigenvalue weighted by molar-refractivity contribution is 6.26. The highest BCUT2D eigenvalue weighted by Gasteiger charge is 2.28. The summed E-state index contributed by atoms with van der Waals surface area (Å²) in [5.41, 5.74) is 31.1. The molecular weight excluding hydrogens is 1660 g/mol. The molecule has 12 nitrogen and oxygen atoms in total. The van der Waals surface area contributed by atoms with Crippen molar-refractivity contribution in [2.24, 2.45) is 0 Å². The average molecular weight is 1740 g/mol. The van der Waals surface area contributed by atoms with Gasteiger partial charge in [-0.1, -0.05) is 358 Å². The molecule has 0 radical (unpaired) electrons. The van der Waals surface area contributed by atoms with Crippen LogP contribution in [0.5, 0.6) is 0 Å². The van der Waals surface area contributed by atoms with Gasteiger partial charge in [-0.2, -0.15) is 0 Å². The lowest BCUT2D eigenvalue weighted by Crippen LogP contribution is -2.02. The second kappa shape index (κ2) is 34.1. The van der Waals surface area contributed by atoms with Gasteiger partial charge in [-0.3, -0.25) is 9.97 Å². The Hall–Kier alpha value is -18.5. The Morgan fingerprint density at radius 1 is 0.169 bits per heavy atom. The number of benzene rings is 18. The summed E-state index contributed by atoms with van der Waals surface area (Å²) in [6.07, 6.45) is 3.93. The molecule has 0 aliphatic rings. The number of pyridine rings is 2. The van der Waals surface area contributed by atoms with Gasteiger partial charge in [0.25, 0.3) is 0 Å². The Morgan fingerprint density at radius 2 is 0.485 bits per heavy atom. The van der Waals surface area contributed by atoms with Crippen LogP contribution in [0.1, 0.15) is 0 Å². The van der Waals surface area contributed by atoms with Crippen LogP contribution in [-0.2, 0) is 0 Å². The number of hydrogen-bond acceptors (Lipinski definition) is 10. The van der Waals surface area contributed by atoms with Gasteiger partial charge in [0.05, 0.1) is 44.2 Å². The fraction of sp³-hybridized carbons (Fsp3) is 0. The Bertz CT molecular complexity index is 8940. The maximum Gasteiger partial charge on any atom is 0.166 e. The van der Waals surface area contributed by atoms with E-state index in [1.54, 1.807) is 0 Å². The normalized spacial score (nSPS) is 11.5. The predicted octanol–water partition coefficient (Wildman–Crippen LogP) is 31.9. The van der Waals surface area contributed by atoms with Crippen molar-refractivity contribution in [3.8, 4) is 169 Å². The molecule has 636 valence electrons. The molecular formula is C124H78N10O2. The summed E-state index contributed by atoms with van der Waals surface area (Å²) in [6, 6.07) is 160. The first-order valence-corrected chi connectivity index (χ1v) is 45.6. The van der Waals surface area contributed by atoms with Crippen molar-refractivity contribution in [2.45, 2.75) is 0 Å². The maximum atomic E-state index is 7.21. The largest absolute Gasteiger partial charge is 0.455 e. The quantitative estimate of drug-likeness (QED) is 0.0918. The van der Waals surface area contributed by atoms with Gasteiger partial charge >= 0.3 is 0 Å². The summed E-state index contributed by atoms with van der Waals surface area (Å²) < 4.78 is 18.9. The number of nitrogens with zero attached hydrogens (tertiary/aromatic N) is 10. The molecule has 0 amide bonds. The third kappa shape index (κ3) is 14.4. The van der Waals surface area contributed by atoms with E-state index in [2.05, 4.69) is 349 Å². The Morgan fingerprint density at radius 3 is 0.912 bits per heavy atom. The molecule has 0 aliphatic carbocycles. The van der Waals surface area contributed by atoms with Crippen molar-refractivity contribution >= 4 is 87.5 Å². The maximum absolute atomic E-state index is 7.21. The van der Waals surface area contributed by atoms with Crippen LogP contribution < -0.4 is 0 Å². The van der Waals surface area contributed by atoms with Crippen molar-refractivity contribution in [3.05, 3.63) is 473 Å². The van der Waals surface area contributed by atoms with Gasteiger partial charge in [-0.05, 0) is 159 Å². The van der Waals surface area contributed by atoms with Crippen molar-refractivity contribution in [2.75, 3.05) is 0 Å². The molecule has 0 unspecified atom stereocenters. The molecule has 12 heteroatoms. The lowest BCUT2D eigenvalue weighted by atomic mass is 9.91. The topological polar surface area (TPSA) is 139 Å². The van der Waals surface area contributed by atoms with E-state index in [0.29, 0.717) is 40.6 Å². The van der Waals surface area contributed by atoms with Crippen LogP contribution in [0.25, 0.3) is 256 Å². The summed E-state index contributed by atoms with van der Waals surface area (Å²) in [7, 11) is 0. The standard InChI is InChI=1S/2C62H39N5O/c1-6-19-40(20-7-1)47-34-33-44(37-52(47)41-21-8-2-9-22-41)45-38-53(62-65-60(42-23-10-3-11-24-42)64-61(66-62)43-25-12-4-13-26-43)57(63-39-45)51-31-18-30-48-49-35-36-55-56(59(49)68-58(48)51)50-29-16-17-32-54(50)67(55)46-27-14-5-15-28-46;1-6-18-40(19-7-1)48-32-30-44(36-52(48)41-20-8-2-9-21-41)46-37-53(62-65-60(42-22-10-3-11-23-42)64-61(66-62)43-24-12-4-13-25-43)58(63-39-46)45-31-33-49-50-34-35-55-57(59(50)68-56(49)38-45)51-28-16-17-29-54(51)67(55)47-26-14-5-15-27-47/h2*1-39H. The lowest BCUT2D eigenvalue weighted by molar-refractivity contribution is 0.673. The molecule has 0 saturated heterocycles. The van der Waals surface area contributed by atoms with Crippen LogP contribution in [0.15, 0.2) is 482 Å². The van der Waals surface area contributed by atoms with Gasteiger partial charge in [-0.25, -0.2) is 29.9 Å². The van der Waals surface area contributed by atoms with Gasteiger partial charge in [0.15, 0.2) is 34.9 Å². The van der Waals surface area contributed by atoms with E-state index >= 15 is 0 Å². The molecule has 18 aromatic carbocycles. The summed E-state index contributed by atoms with van der Waals surface area (Å²) in [5.74, 6) is 3.33. The van der Waals surface area contributed by atoms with E-state index < -0.39 is 0 Å². The van der Waals surface area contributed by atoms with Crippen LogP contribution in [0.2, 0.25) is 0 Å². The molecule has 0 bridgehead atoms. The SMILES string of the molecule is c1ccc(-c2nc(-c3ccccc3)nc(-c3cc(-c4ccc(-c5ccccc5)c(-c5ccccc5)c4)cnc3-c3ccc4c(c3)oc3c4ccc4c3c3ccccc3n4-c3ccccc3)n2)cc1.c1ccc(-c2nc(-c3ccccc3)nc(-c3cc(-c4ccc(-c5ccccc5)c(-c5ccccc5)c4)cnc3-c3cccc4c3oc3c4ccc4c3c3ccccc3n4-c3ccccc3)n2)cc1. The molecule has 8 heterocycles. The number of hydrogen-bond donors (Lipinski definition) is 0. The van der Waals surface area contributed by atoms with Crippen LogP contribution in [-0.4, -0.2) is 49.0 Å². The van der Waals surface area contributed by atoms with Gasteiger partial charge < -0.3 is 18.0 Å². The van der Waals surface area contributed by atoms with Crippen LogP contribution >= 0.6 is 0 Å². The van der Waals surface area contributed by atoms with Crippen LogP contribution in [0.4, 0.5) is 0 Å². The molecule has 8 aromatic heterocycles. The van der Waals surface area contributed by atoms with Crippen molar-refractivity contribution < 1.29 is 8.83 Å². The fourth-order valence-corrected chi connectivity index (χ4v) is 19.4. The van der Waals surface area contributed by atoms with Crippen molar-refractivity contribution in [1.29, 1.82) is 0 Å². The molecule has 26 aromatic rings. The number of fused-ring (bicyclic) bond motifs is 14. The molecule has 0 saturated carbocycles. The van der Waals surface area contributed by atoms with Gasteiger partial charge in [0.1, 0.15) is 22.3 Å². The molecule has 136 heavy (non-hydrogen) atoms. The molecule has 0 aliphatic heterocycles. The zero-order valence-corrected chi connectivity index (χ0v) is 73.3. The number of rotatable bonds is 16. The minimum absolute atomic E-state index is 0.507. The summed E-state index contributed by atoms with van der Waals surface area (Å²) in [6.45, 7) is 0. The number of para-hydroxylation sites is 5. The van der Waals surface area contributed by atoms with Crippen LogP contribution in [0, 0.1) is 0 Å². The first-order valence-electron chi connectivity index (χ1n) is 45.6. The van der Waals surface area contributed by atoms with E-state index in [1.807, 2.05) is 134 Å². The first-order chi connectivity index (χ1) is 67.4. The molecule has 26 rings (SSSR count). The Balaban J connectivity index is 0.000000145. The Kier molecular flexibility index (Phi) is 20.0. The minimum atomic E-state index is 0.507. The summed E-state index contributed by atoms with van der Waals surface area (Å²) in [5, 5.41) is 8.55. The second-order valence-electron chi connectivity index (χ2n) is 33.9. The van der Waals surface area contributed by atoms with E-state index in [1.165, 1.54) is 0 Å². The molecule has 0 fully saturated rings. The average Bonchev–Trinajstić information content (AvgIpc) is 1.56. The lowest BCUT2D eigenvalue weighted by Gasteiger charge is -2.15. The molecule has 0 atom stereocenters. The van der Waals surface area contributed by atoms with Gasteiger partial charge in [0.2, 0.25) is 0 Å². The van der Waals surface area contributed by atoms with Gasteiger partial charge in [-0.15, -0.1) is 0 Å². The first kappa shape index (κ1) is 79.6. The fourth-order valence-electron chi connectivity index (χ4n) is 19.4. The monoisotopic (exact) mass is 1740 g/mol. The molecule has 0 N–H and O–H groups in total. The minimum Gasteiger partial charge on any atom is -0.455 e. The van der Waals surface area contributed by atoms with Crippen LogP contribution in [0.3, 0.4) is 0 Å². The molecule has 0 spiro atoms. The summed E-state index contributed by atoms with van der Waals surface area (Å²) in [4.78, 5) is 41.9. The van der Waals surface area contributed by atoms with E-state index in [-0.39, 0.29) is 0 Å². The van der Waals surface area contributed by atoms with Gasteiger partial charge in [0, 0.05) is 112 Å². The van der Waals surface area contributed by atoms with Crippen molar-refractivity contribution in [1.82, 2.24) is 49.0 Å². The third-order valence-corrected chi connectivity index (χ3v) is 25.8. The second-order valence-corrected chi connectivity index (χ2v) is 33.9. The summed E-state index contributed by atoms with van der Waals surface area (Å²) >= 11 is 0. The number of furan rings is 2.